The standard InChI is InChI=1S/C12H9F5N2O2/c1-2-21-9(20)4-6-3-8(12(15,16)17)19-7(5-18)10(6)11(13)14/h3,11H,2,4H2,1H3. The van der Waals surface area contributed by atoms with Crippen LogP contribution in [0, 0.1) is 11.3 Å². The van der Waals surface area contributed by atoms with Gasteiger partial charge in [0.15, 0.2) is 0 Å². The van der Waals surface area contributed by atoms with Gasteiger partial charge in [-0.05, 0) is 18.6 Å². The Morgan fingerprint density at radius 1 is 1.48 bits per heavy atom. The highest BCUT2D eigenvalue weighted by Gasteiger charge is 2.35. The fraction of sp³-hybridized carbons (Fsp3) is 0.417. The lowest BCUT2D eigenvalue weighted by atomic mass is 10.0. The molecule has 0 amide bonds. The van der Waals surface area contributed by atoms with Crippen LogP contribution in [-0.4, -0.2) is 17.6 Å². The van der Waals surface area contributed by atoms with Crippen molar-refractivity contribution in [1.82, 2.24) is 4.98 Å². The van der Waals surface area contributed by atoms with Crippen LogP contribution >= 0.6 is 0 Å². The molecule has 1 aromatic rings. The van der Waals surface area contributed by atoms with E-state index < -0.39 is 47.5 Å². The molecule has 1 heterocycles. The number of esters is 1. The predicted molar refractivity (Wildman–Crippen MR) is 59.2 cm³/mol. The lowest BCUT2D eigenvalue weighted by Crippen LogP contribution is -2.16. The predicted octanol–water partition coefficient (Wildman–Crippen LogP) is 3.02. The number of hydrogen-bond donors (Lipinski definition) is 0. The first-order valence-electron chi connectivity index (χ1n) is 5.65. The molecule has 0 unspecified atom stereocenters. The third kappa shape index (κ3) is 4.11. The molecule has 0 saturated carbocycles. The molecule has 4 nitrogen and oxygen atoms in total. The molecule has 0 aliphatic carbocycles. The van der Waals surface area contributed by atoms with Crippen LogP contribution in [-0.2, 0) is 22.1 Å². The van der Waals surface area contributed by atoms with Crippen LogP contribution < -0.4 is 0 Å². The van der Waals surface area contributed by atoms with Gasteiger partial charge in [-0.25, -0.2) is 13.8 Å². The van der Waals surface area contributed by atoms with Crippen molar-refractivity contribution in [2.24, 2.45) is 0 Å². The van der Waals surface area contributed by atoms with Gasteiger partial charge in [-0.2, -0.15) is 18.4 Å². The van der Waals surface area contributed by atoms with Crippen LogP contribution in [0.1, 0.15) is 35.9 Å². The molecule has 1 rings (SSSR count). The summed E-state index contributed by atoms with van der Waals surface area (Å²) in [5.41, 5.74) is -4.18. The van der Waals surface area contributed by atoms with E-state index in [1.165, 1.54) is 13.0 Å². The Bertz CT molecular complexity index is 578. The zero-order valence-corrected chi connectivity index (χ0v) is 10.7. The minimum atomic E-state index is -4.92. The number of hydrogen-bond acceptors (Lipinski definition) is 4. The van der Waals surface area contributed by atoms with Gasteiger partial charge in [0, 0.05) is 0 Å². The van der Waals surface area contributed by atoms with Crippen molar-refractivity contribution in [2.45, 2.75) is 25.9 Å². The van der Waals surface area contributed by atoms with Crippen LogP contribution in [0.2, 0.25) is 0 Å². The second-order valence-electron chi connectivity index (χ2n) is 3.82. The summed E-state index contributed by atoms with van der Waals surface area (Å²) in [4.78, 5) is 14.2. The number of carbonyl (C=O) groups excluding carboxylic acids is 1. The summed E-state index contributed by atoms with van der Waals surface area (Å²) in [6, 6.07) is 1.52. The van der Waals surface area contributed by atoms with Gasteiger partial charge in [-0.15, -0.1) is 0 Å². The number of nitriles is 1. The van der Waals surface area contributed by atoms with Gasteiger partial charge in [0.2, 0.25) is 0 Å². The minimum Gasteiger partial charge on any atom is -0.466 e. The Labute approximate surface area is 116 Å². The monoisotopic (exact) mass is 308 g/mol. The highest BCUT2D eigenvalue weighted by atomic mass is 19.4. The molecule has 1 aromatic heterocycles. The third-order valence-electron chi connectivity index (χ3n) is 2.40. The normalized spacial score (nSPS) is 11.3. The molecule has 0 bridgehead atoms. The summed E-state index contributed by atoms with van der Waals surface area (Å²) in [6.45, 7) is 1.41. The maximum Gasteiger partial charge on any atom is 0.433 e. The largest absolute Gasteiger partial charge is 0.466 e. The molecule has 0 aliphatic heterocycles. The Hall–Kier alpha value is -2.24. The van der Waals surface area contributed by atoms with Crippen molar-refractivity contribution < 1.29 is 31.5 Å². The molecule has 0 spiro atoms. The molecule has 114 valence electrons. The number of carbonyl (C=O) groups is 1. The van der Waals surface area contributed by atoms with E-state index in [1.807, 2.05) is 0 Å². The van der Waals surface area contributed by atoms with Crippen LogP contribution in [0.5, 0.6) is 0 Å². The van der Waals surface area contributed by atoms with Crippen LogP contribution in [0.3, 0.4) is 0 Å². The highest BCUT2D eigenvalue weighted by Crippen LogP contribution is 2.33. The molecular weight excluding hydrogens is 299 g/mol. The summed E-state index contributed by atoms with van der Waals surface area (Å²) >= 11 is 0. The number of nitrogens with zero attached hydrogens (tertiary/aromatic N) is 2. The lowest BCUT2D eigenvalue weighted by molar-refractivity contribution is -0.143. The average molecular weight is 308 g/mol. The topological polar surface area (TPSA) is 63.0 Å². The molecule has 0 aliphatic rings. The van der Waals surface area contributed by atoms with Gasteiger partial charge in [0.25, 0.3) is 6.43 Å². The van der Waals surface area contributed by atoms with Crippen molar-refractivity contribution >= 4 is 5.97 Å². The fourth-order valence-electron chi connectivity index (χ4n) is 1.60. The highest BCUT2D eigenvalue weighted by molar-refractivity contribution is 5.73. The maximum absolute atomic E-state index is 12.9. The van der Waals surface area contributed by atoms with Gasteiger partial charge >= 0.3 is 12.1 Å². The Morgan fingerprint density at radius 2 is 2.10 bits per heavy atom. The van der Waals surface area contributed by atoms with Gasteiger partial charge in [-0.1, -0.05) is 0 Å². The van der Waals surface area contributed by atoms with E-state index in [0.717, 1.165) is 0 Å². The number of halogens is 5. The molecule has 0 atom stereocenters. The zero-order chi connectivity index (χ0) is 16.2. The second-order valence-corrected chi connectivity index (χ2v) is 3.82. The third-order valence-corrected chi connectivity index (χ3v) is 2.40. The first-order chi connectivity index (χ1) is 9.70. The Morgan fingerprint density at radius 3 is 2.52 bits per heavy atom. The summed E-state index contributed by atoms with van der Waals surface area (Å²) in [7, 11) is 0. The number of alkyl halides is 5. The minimum absolute atomic E-state index is 0.0504. The van der Waals surface area contributed by atoms with Gasteiger partial charge in [0.1, 0.15) is 17.5 Å². The Balaban J connectivity index is 3.42. The lowest BCUT2D eigenvalue weighted by Gasteiger charge is -2.13. The number of ether oxygens (including phenoxy) is 1. The van der Waals surface area contributed by atoms with E-state index in [2.05, 4.69) is 9.72 Å². The first kappa shape index (κ1) is 16.8. The van der Waals surface area contributed by atoms with E-state index in [1.54, 1.807) is 0 Å². The summed E-state index contributed by atoms with van der Waals surface area (Å²) in [6.07, 6.45) is -8.96. The van der Waals surface area contributed by atoms with E-state index in [4.69, 9.17) is 5.26 Å². The molecule has 0 radical (unpaired) electrons. The van der Waals surface area contributed by atoms with E-state index in [9.17, 15) is 26.7 Å². The molecule has 9 heteroatoms. The molecule has 0 aromatic carbocycles. The number of rotatable bonds is 4. The van der Waals surface area contributed by atoms with E-state index >= 15 is 0 Å². The SMILES string of the molecule is CCOC(=O)Cc1cc(C(F)(F)F)nc(C#N)c1C(F)F. The summed E-state index contributed by atoms with van der Waals surface area (Å²) in [5, 5.41) is 8.69. The van der Waals surface area contributed by atoms with Crippen molar-refractivity contribution in [3.05, 3.63) is 28.6 Å². The molecular formula is C12H9F5N2O2. The second kappa shape index (κ2) is 6.47. The molecule has 0 saturated heterocycles. The number of pyridine rings is 1. The maximum atomic E-state index is 12.9. The van der Waals surface area contributed by atoms with E-state index in [-0.39, 0.29) is 6.61 Å². The average Bonchev–Trinajstić information content (AvgIpc) is 2.36. The van der Waals surface area contributed by atoms with Crippen LogP contribution in [0.25, 0.3) is 0 Å². The zero-order valence-electron chi connectivity index (χ0n) is 10.7. The summed E-state index contributed by atoms with van der Waals surface area (Å²) < 4.78 is 68.2. The van der Waals surface area contributed by atoms with Crippen molar-refractivity contribution in [2.75, 3.05) is 6.61 Å². The number of aromatic nitrogens is 1. The van der Waals surface area contributed by atoms with Gasteiger partial charge in [-0.3, -0.25) is 4.79 Å². The van der Waals surface area contributed by atoms with Crippen LogP contribution in [0.4, 0.5) is 22.0 Å². The summed E-state index contributed by atoms with van der Waals surface area (Å²) in [5.74, 6) is -0.970. The van der Waals surface area contributed by atoms with Crippen molar-refractivity contribution in [3.8, 4) is 6.07 Å². The first-order valence-corrected chi connectivity index (χ1v) is 5.65. The quantitative estimate of drug-likeness (QED) is 0.633. The fourth-order valence-corrected chi connectivity index (χ4v) is 1.60. The van der Waals surface area contributed by atoms with Crippen molar-refractivity contribution in [1.29, 1.82) is 5.26 Å². The van der Waals surface area contributed by atoms with E-state index in [0.29, 0.717) is 6.07 Å². The van der Waals surface area contributed by atoms with Crippen molar-refractivity contribution in [3.63, 3.8) is 0 Å². The van der Waals surface area contributed by atoms with Crippen LogP contribution in [0.15, 0.2) is 6.07 Å². The Kier molecular flexibility index (Phi) is 5.18. The molecule has 21 heavy (non-hydrogen) atoms. The smallest absolute Gasteiger partial charge is 0.433 e. The molecule has 0 fully saturated rings. The van der Waals surface area contributed by atoms with Gasteiger partial charge in [0.05, 0.1) is 18.6 Å². The van der Waals surface area contributed by atoms with Gasteiger partial charge < -0.3 is 4.74 Å². The molecule has 0 N–H and O–H groups in total.